The quantitative estimate of drug-likeness (QED) is 0.512. The van der Waals surface area contributed by atoms with Crippen LogP contribution in [0.1, 0.15) is 22.8 Å². The van der Waals surface area contributed by atoms with Gasteiger partial charge in [0.1, 0.15) is 13.2 Å². The van der Waals surface area contributed by atoms with Crippen LogP contribution in [0.5, 0.6) is 0 Å². The van der Waals surface area contributed by atoms with Crippen LogP contribution in [0.4, 0.5) is 0 Å². The van der Waals surface area contributed by atoms with Crippen molar-refractivity contribution in [1.29, 1.82) is 0 Å². The molecule has 2 N–H and O–H groups in total. The fourth-order valence-electron chi connectivity index (χ4n) is 1.31. The third-order valence-electron chi connectivity index (χ3n) is 2.31. The van der Waals surface area contributed by atoms with Crippen molar-refractivity contribution in [2.24, 2.45) is 5.73 Å². The largest absolute Gasteiger partial charge is 0.459 e. The molecule has 0 aliphatic carbocycles. The van der Waals surface area contributed by atoms with Gasteiger partial charge < -0.3 is 15.2 Å². The summed E-state index contributed by atoms with van der Waals surface area (Å²) < 4.78 is 9.73. The predicted molar refractivity (Wildman–Crippen MR) is 75.4 cm³/mol. The van der Waals surface area contributed by atoms with Gasteiger partial charge in [0.15, 0.2) is 0 Å². The smallest absolute Gasteiger partial charge is 0.338 e. The maximum Gasteiger partial charge on any atom is 0.338 e. The molecule has 6 heteroatoms. The van der Waals surface area contributed by atoms with Crippen LogP contribution in [-0.2, 0) is 14.3 Å². The predicted octanol–water partition coefficient (Wildman–Crippen LogP) is 2.21. The summed E-state index contributed by atoms with van der Waals surface area (Å²) in [6.45, 7) is 3.34. The third-order valence-corrected chi connectivity index (χ3v) is 2.72. The molecule has 1 aromatic rings. The Balaban J connectivity index is 2.39. The molecule has 0 heterocycles. The van der Waals surface area contributed by atoms with Crippen LogP contribution in [0, 0.1) is 6.92 Å². The maximum atomic E-state index is 11.7. The van der Waals surface area contributed by atoms with Crippen molar-refractivity contribution in [2.75, 3.05) is 13.2 Å². The van der Waals surface area contributed by atoms with Gasteiger partial charge in [0.25, 0.3) is 0 Å². The van der Waals surface area contributed by atoms with E-state index in [1.807, 2.05) is 6.92 Å². The Morgan fingerprint density at radius 2 is 1.95 bits per heavy atom. The van der Waals surface area contributed by atoms with E-state index in [1.165, 1.54) is 6.07 Å². The molecule has 0 spiro atoms. The van der Waals surface area contributed by atoms with Crippen LogP contribution in [0.25, 0.3) is 0 Å². The lowest BCUT2D eigenvalue weighted by atomic mass is 10.1. The monoisotopic (exact) mass is 297 g/mol. The molecule has 0 aliphatic rings. The van der Waals surface area contributed by atoms with E-state index in [-0.39, 0.29) is 13.2 Å². The molecule has 5 nitrogen and oxygen atoms in total. The van der Waals surface area contributed by atoms with Gasteiger partial charge in [-0.1, -0.05) is 17.7 Å². The first kappa shape index (κ1) is 16.0. The van der Waals surface area contributed by atoms with Crippen molar-refractivity contribution in [3.63, 3.8) is 0 Å². The first-order valence-corrected chi connectivity index (χ1v) is 6.31. The number of hydrogen-bond acceptors (Lipinski definition) is 5. The second kappa shape index (κ2) is 7.55. The number of rotatable bonds is 5. The van der Waals surface area contributed by atoms with E-state index in [9.17, 15) is 9.59 Å². The van der Waals surface area contributed by atoms with Gasteiger partial charge in [0, 0.05) is 16.8 Å². The van der Waals surface area contributed by atoms with Gasteiger partial charge in [0.05, 0.1) is 5.56 Å². The summed E-state index contributed by atoms with van der Waals surface area (Å²) in [5, 5.41) is 0.495. The Labute approximate surface area is 122 Å². The average molecular weight is 298 g/mol. The number of hydrogen-bond donors (Lipinski definition) is 1. The highest BCUT2D eigenvalue weighted by Gasteiger charge is 2.09. The van der Waals surface area contributed by atoms with Crippen LogP contribution in [0.15, 0.2) is 30.0 Å². The fourth-order valence-corrected chi connectivity index (χ4v) is 1.49. The Hall–Kier alpha value is -2.01. The molecule has 0 aliphatic heterocycles. The molecular weight excluding hydrogens is 282 g/mol. The van der Waals surface area contributed by atoms with Gasteiger partial charge in [-0.2, -0.15) is 0 Å². The number of nitrogens with two attached hydrogens (primary N) is 1. The van der Waals surface area contributed by atoms with Crippen molar-refractivity contribution in [2.45, 2.75) is 13.8 Å². The van der Waals surface area contributed by atoms with Gasteiger partial charge in [0.2, 0.25) is 0 Å². The second-order valence-electron chi connectivity index (χ2n) is 4.16. The number of halogens is 1. The first-order chi connectivity index (χ1) is 9.40. The standard InChI is InChI=1S/C14H16ClNO4/c1-9-3-4-11(8-12(9)15)14(18)20-6-5-19-13(17)7-10(2)16/h3-4,7-8H,5-6,16H2,1-2H3/b10-7-. The Kier molecular flexibility index (Phi) is 6.06. The molecule has 1 aromatic carbocycles. The van der Waals surface area contributed by atoms with E-state index in [0.29, 0.717) is 16.3 Å². The number of aryl methyl sites for hydroxylation is 1. The zero-order valence-corrected chi connectivity index (χ0v) is 12.1. The van der Waals surface area contributed by atoms with Crippen LogP contribution in [0.2, 0.25) is 5.02 Å². The van der Waals surface area contributed by atoms with Crippen LogP contribution < -0.4 is 5.73 Å². The first-order valence-electron chi connectivity index (χ1n) is 5.94. The molecule has 0 saturated heterocycles. The van der Waals surface area contributed by atoms with Gasteiger partial charge in [-0.05, 0) is 31.5 Å². The van der Waals surface area contributed by atoms with E-state index >= 15 is 0 Å². The lowest BCUT2D eigenvalue weighted by Gasteiger charge is -2.06. The van der Waals surface area contributed by atoms with Crippen LogP contribution in [0.3, 0.4) is 0 Å². The maximum absolute atomic E-state index is 11.7. The molecule has 0 amide bonds. The number of ether oxygens (including phenoxy) is 2. The van der Waals surface area contributed by atoms with Crippen LogP contribution >= 0.6 is 11.6 Å². The zero-order chi connectivity index (χ0) is 15.1. The number of allylic oxidation sites excluding steroid dienone is 1. The van der Waals surface area contributed by atoms with Gasteiger partial charge in [-0.15, -0.1) is 0 Å². The van der Waals surface area contributed by atoms with Crippen molar-refractivity contribution in [3.05, 3.63) is 46.1 Å². The summed E-state index contributed by atoms with van der Waals surface area (Å²) in [6.07, 6.45) is 1.15. The Bertz CT molecular complexity index is 536. The van der Waals surface area contributed by atoms with Gasteiger partial charge in [-0.25, -0.2) is 9.59 Å². The Morgan fingerprint density at radius 3 is 2.55 bits per heavy atom. The summed E-state index contributed by atoms with van der Waals surface area (Å²) in [7, 11) is 0. The van der Waals surface area contributed by atoms with Crippen molar-refractivity contribution >= 4 is 23.5 Å². The molecule has 108 valence electrons. The minimum absolute atomic E-state index is 0.0338. The molecule has 0 saturated carbocycles. The van der Waals surface area contributed by atoms with Crippen molar-refractivity contribution in [1.82, 2.24) is 0 Å². The number of esters is 2. The molecular formula is C14H16ClNO4. The molecule has 20 heavy (non-hydrogen) atoms. The summed E-state index contributed by atoms with van der Waals surface area (Å²) in [5.41, 5.74) is 6.89. The molecule has 0 atom stereocenters. The highest BCUT2D eigenvalue weighted by atomic mass is 35.5. The summed E-state index contributed by atoms with van der Waals surface area (Å²) in [6, 6.07) is 4.88. The lowest BCUT2D eigenvalue weighted by molar-refractivity contribution is -0.138. The molecule has 1 rings (SSSR count). The number of carbonyl (C=O) groups is 2. The zero-order valence-electron chi connectivity index (χ0n) is 11.3. The average Bonchev–Trinajstić information content (AvgIpc) is 2.36. The third kappa shape index (κ3) is 5.32. The minimum atomic E-state index is -0.570. The second-order valence-corrected chi connectivity index (χ2v) is 4.56. The topological polar surface area (TPSA) is 78.6 Å². The molecule has 0 radical (unpaired) electrons. The molecule has 0 bridgehead atoms. The highest BCUT2D eigenvalue weighted by Crippen LogP contribution is 2.17. The fraction of sp³-hybridized carbons (Fsp3) is 0.286. The minimum Gasteiger partial charge on any atom is -0.459 e. The summed E-state index contributed by atoms with van der Waals surface area (Å²) in [5.74, 6) is -1.09. The van der Waals surface area contributed by atoms with Crippen LogP contribution in [-0.4, -0.2) is 25.2 Å². The Morgan fingerprint density at radius 1 is 1.30 bits per heavy atom. The van der Waals surface area contributed by atoms with E-state index in [2.05, 4.69) is 0 Å². The summed E-state index contributed by atoms with van der Waals surface area (Å²) >= 11 is 5.91. The van der Waals surface area contributed by atoms with E-state index in [1.54, 1.807) is 19.1 Å². The van der Waals surface area contributed by atoms with Gasteiger partial charge in [-0.3, -0.25) is 0 Å². The molecule has 0 fully saturated rings. The van der Waals surface area contributed by atoms with Gasteiger partial charge >= 0.3 is 11.9 Å². The van der Waals surface area contributed by atoms with Crippen molar-refractivity contribution in [3.8, 4) is 0 Å². The summed E-state index contributed by atoms with van der Waals surface area (Å²) in [4.78, 5) is 22.8. The number of benzene rings is 1. The SMILES string of the molecule is C/C(N)=C/C(=O)OCCOC(=O)c1ccc(C)c(Cl)c1. The van der Waals surface area contributed by atoms with Crippen molar-refractivity contribution < 1.29 is 19.1 Å². The molecule has 0 aromatic heterocycles. The highest BCUT2D eigenvalue weighted by molar-refractivity contribution is 6.31. The van der Waals surface area contributed by atoms with E-state index in [4.69, 9.17) is 26.8 Å². The molecule has 0 unspecified atom stereocenters. The lowest BCUT2D eigenvalue weighted by Crippen LogP contribution is -2.13. The normalized spacial score (nSPS) is 11.1. The van der Waals surface area contributed by atoms with E-state index in [0.717, 1.165) is 11.6 Å². The van der Waals surface area contributed by atoms with E-state index < -0.39 is 11.9 Å². The number of carbonyl (C=O) groups excluding carboxylic acids is 2.